The molecule has 0 bridgehead atoms. The first-order valence-corrected chi connectivity index (χ1v) is 8.32. The highest BCUT2D eigenvalue weighted by atomic mass is 35.5. The molecule has 1 aromatic carbocycles. The van der Waals surface area contributed by atoms with Gasteiger partial charge in [0, 0.05) is 35.0 Å². The summed E-state index contributed by atoms with van der Waals surface area (Å²) in [6.07, 6.45) is 2.14. The molecule has 108 valence electrons. The molecule has 2 nitrogen and oxygen atoms in total. The van der Waals surface area contributed by atoms with Crippen LogP contribution in [0.25, 0.3) is 0 Å². The van der Waals surface area contributed by atoms with E-state index in [0.717, 1.165) is 36.6 Å². The van der Waals surface area contributed by atoms with Crippen molar-refractivity contribution in [2.45, 2.75) is 32.6 Å². The second-order valence-corrected chi connectivity index (χ2v) is 6.42. The van der Waals surface area contributed by atoms with Gasteiger partial charge in [-0.2, -0.15) is 0 Å². The van der Waals surface area contributed by atoms with Crippen molar-refractivity contribution < 1.29 is 0 Å². The van der Waals surface area contributed by atoms with E-state index in [4.69, 9.17) is 11.6 Å². The van der Waals surface area contributed by atoms with Gasteiger partial charge in [-0.15, -0.1) is 11.3 Å². The van der Waals surface area contributed by atoms with E-state index >= 15 is 0 Å². The third-order valence-electron chi connectivity index (χ3n) is 3.25. The summed E-state index contributed by atoms with van der Waals surface area (Å²) in [5.41, 5.74) is 2.44. The molecular weight excluding hydrogens is 288 g/mol. The van der Waals surface area contributed by atoms with Gasteiger partial charge in [0.05, 0.1) is 5.01 Å². The topological polar surface area (TPSA) is 24.9 Å². The molecule has 1 N–H and O–H groups in total. The minimum absolute atomic E-state index is 0.448. The Kier molecular flexibility index (Phi) is 6.02. The Bertz CT molecular complexity index is 522. The van der Waals surface area contributed by atoms with Gasteiger partial charge < -0.3 is 5.32 Å². The summed E-state index contributed by atoms with van der Waals surface area (Å²) in [5.74, 6) is 0.448. The molecule has 1 aromatic heterocycles. The van der Waals surface area contributed by atoms with E-state index in [1.807, 2.05) is 19.1 Å². The van der Waals surface area contributed by atoms with Gasteiger partial charge in [-0.1, -0.05) is 30.7 Å². The summed E-state index contributed by atoms with van der Waals surface area (Å²) in [6, 6.07) is 8.19. The molecule has 0 aliphatic carbocycles. The molecular formula is C16H21ClN2S. The summed E-state index contributed by atoms with van der Waals surface area (Å²) in [6.45, 7) is 6.27. The fourth-order valence-corrected chi connectivity index (χ4v) is 3.18. The molecule has 0 radical (unpaired) electrons. The normalized spacial score (nSPS) is 12.6. The third kappa shape index (κ3) is 4.58. The van der Waals surface area contributed by atoms with E-state index in [1.165, 1.54) is 10.6 Å². The molecule has 0 amide bonds. The second-order valence-electron chi connectivity index (χ2n) is 5.04. The number of halogens is 1. The summed E-state index contributed by atoms with van der Waals surface area (Å²) in [7, 11) is 0. The maximum absolute atomic E-state index is 5.98. The Labute approximate surface area is 130 Å². The Balaban J connectivity index is 2.09. The molecule has 1 heterocycles. The van der Waals surface area contributed by atoms with Crippen LogP contribution in [-0.4, -0.2) is 18.1 Å². The van der Waals surface area contributed by atoms with Gasteiger partial charge in [-0.3, -0.25) is 0 Å². The van der Waals surface area contributed by atoms with E-state index in [-0.39, 0.29) is 0 Å². The van der Waals surface area contributed by atoms with E-state index in [9.17, 15) is 0 Å². The quantitative estimate of drug-likeness (QED) is 0.765. The Morgan fingerprint density at radius 2 is 2.05 bits per heavy atom. The number of hydrogen-bond donors (Lipinski definition) is 1. The highest BCUT2D eigenvalue weighted by molar-refractivity contribution is 7.09. The number of rotatable bonds is 7. The number of aromatic nitrogens is 1. The molecule has 0 fully saturated rings. The van der Waals surface area contributed by atoms with Crippen molar-refractivity contribution in [2.75, 3.05) is 13.1 Å². The summed E-state index contributed by atoms with van der Waals surface area (Å²) in [5, 5.41) is 7.64. The fraction of sp³-hybridized carbons (Fsp3) is 0.438. The molecule has 4 heteroatoms. The SMILES string of the molecule is CCCNCC(Cc1nc(C)cs1)c1ccc(Cl)cc1. The van der Waals surface area contributed by atoms with E-state index < -0.39 is 0 Å². The van der Waals surface area contributed by atoms with Crippen LogP contribution in [0.5, 0.6) is 0 Å². The van der Waals surface area contributed by atoms with Crippen molar-refractivity contribution in [3.8, 4) is 0 Å². The van der Waals surface area contributed by atoms with Crippen LogP contribution in [-0.2, 0) is 6.42 Å². The average Bonchev–Trinajstić information content (AvgIpc) is 2.84. The van der Waals surface area contributed by atoms with Gasteiger partial charge in [0.2, 0.25) is 0 Å². The summed E-state index contributed by atoms with van der Waals surface area (Å²) < 4.78 is 0. The number of benzene rings is 1. The van der Waals surface area contributed by atoms with Gasteiger partial charge in [0.15, 0.2) is 0 Å². The molecule has 20 heavy (non-hydrogen) atoms. The lowest BCUT2D eigenvalue weighted by atomic mass is 9.96. The van der Waals surface area contributed by atoms with Crippen molar-refractivity contribution in [1.29, 1.82) is 0 Å². The van der Waals surface area contributed by atoms with Crippen LogP contribution < -0.4 is 5.32 Å². The van der Waals surface area contributed by atoms with Crippen molar-refractivity contribution >= 4 is 22.9 Å². The van der Waals surface area contributed by atoms with Gasteiger partial charge in [0.1, 0.15) is 0 Å². The predicted molar refractivity (Wildman–Crippen MR) is 87.9 cm³/mol. The molecule has 0 aliphatic rings. The van der Waals surface area contributed by atoms with Gasteiger partial charge >= 0.3 is 0 Å². The highest BCUT2D eigenvalue weighted by Gasteiger charge is 2.14. The highest BCUT2D eigenvalue weighted by Crippen LogP contribution is 2.24. The van der Waals surface area contributed by atoms with Gasteiger partial charge in [-0.05, 0) is 37.6 Å². The average molecular weight is 309 g/mol. The smallest absolute Gasteiger partial charge is 0.0934 e. The molecule has 0 saturated heterocycles. The Morgan fingerprint density at radius 1 is 1.30 bits per heavy atom. The molecule has 2 aromatic rings. The Morgan fingerprint density at radius 3 is 2.65 bits per heavy atom. The van der Waals surface area contributed by atoms with Crippen LogP contribution in [0.2, 0.25) is 5.02 Å². The molecule has 0 spiro atoms. The largest absolute Gasteiger partial charge is 0.316 e. The van der Waals surface area contributed by atoms with Crippen LogP contribution in [0.3, 0.4) is 0 Å². The first-order valence-electron chi connectivity index (χ1n) is 7.06. The van der Waals surface area contributed by atoms with Crippen LogP contribution in [0.15, 0.2) is 29.6 Å². The van der Waals surface area contributed by atoms with Gasteiger partial charge in [-0.25, -0.2) is 4.98 Å². The standard InChI is InChI=1S/C16H21ClN2S/c1-3-8-18-10-14(9-16-19-12(2)11-20-16)13-4-6-15(17)7-5-13/h4-7,11,14,18H,3,8-10H2,1-2H3. The zero-order valence-corrected chi connectivity index (χ0v) is 13.6. The maximum Gasteiger partial charge on any atom is 0.0934 e. The van der Waals surface area contributed by atoms with Crippen LogP contribution in [0.4, 0.5) is 0 Å². The molecule has 2 rings (SSSR count). The molecule has 1 atom stereocenters. The van der Waals surface area contributed by atoms with E-state index in [1.54, 1.807) is 11.3 Å². The summed E-state index contributed by atoms with van der Waals surface area (Å²) in [4.78, 5) is 4.59. The first-order chi connectivity index (χ1) is 9.69. The lowest BCUT2D eigenvalue weighted by Gasteiger charge is -2.17. The number of thiazole rings is 1. The van der Waals surface area contributed by atoms with Crippen molar-refractivity contribution in [2.24, 2.45) is 0 Å². The molecule has 0 saturated carbocycles. The minimum atomic E-state index is 0.448. The first kappa shape index (κ1) is 15.5. The van der Waals surface area contributed by atoms with Crippen molar-refractivity contribution in [1.82, 2.24) is 10.3 Å². The molecule has 1 unspecified atom stereocenters. The maximum atomic E-state index is 5.98. The number of nitrogens with zero attached hydrogens (tertiary/aromatic N) is 1. The number of hydrogen-bond acceptors (Lipinski definition) is 3. The van der Waals surface area contributed by atoms with E-state index in [0.29, 0.717) is 5.92 Å². The summed E-state index contributed by atoms with van der Waals surface area (Å²) >= 11 is 7.73. The third-order valence-corrected chi connectivity index (χ3v) is 4.49. The van der Waals surface area contributed by atoms with E-state index in [2.05, 4.69) is 34.7 Å². The Hall–Kier alpha value is -0.900. The predicted octanol–water partition coefficient (Wildman–Crippen LogP) is 4.43. The number of nitrogens with one attached hydrogen (secondary N) is 1. The lowest BCUT2D eigenvalue weighted by Crippen LogP contribution is -2.23. The zero-order valence-electron chi connectivity index (χ0n) is 12.0. The lowest BCUT2D eigenvalue weighted by molar-refractivity contribution is 0.575. The number of aryl methyl sites for hydroxylation is 1. The monoisotopic (exact) mass is 308 g/mol. The minimum Gasteiger partial charge on any atom is -0.316 e. The van der Waals surface area contributed by atoms with Crippen LogP contribution in [0, 0.1) is 6.92 Å². The van der Waals surface area contributed by atoms with Crippen LogP contribution >= 0.6 is 22.9 Å². The fourth-order valence-electron chi connectivity index (χ4n) is 2.20. The van der Waals surface area contributed by atoms with Crippen molar-refractivity contribution in [3.63, 3.8) is 0 Å². The van der Waals surface area contributed by atoms with Crippen molar-refractivity contribution in [3.05, 3.63) is 50.9 Å². The second kappa shape index (κ2) is 7.77. The molecule has 0 aliphatic heterocycles. The zero-order chi connectivity index (χ0) is 14.4. The van der Waals surface area contributed by atoms with Gasteiger partial charge in [0.25, 0.3) is 0 Å². The van der Waals surface area contributed by atoms with Crippen LogP contribution in [0.1, 0.15) is 35.5 Å².